The van der Waals surface area contributed by atoms with Crippen LogP contribution in [0.25, 0.3) is 5.69 Å². The van der Waals surface area contributed by atoms with Gasteiger partial charge in [-0.1, -0.05) is 5.21 Å². The van der Waals surface area contributed by atoms with Crippen molar-refractivity contribution in [2.45, 2.75) is 25.5 Å². The number of benzene rings is 2. The second-order valence-electron chi connectivity index (χ2n) is 6.55. The molecule has 0 amide bonds. The molecule has 1 fully saturated rings. The minimum absolute atomic E-state index is 0.115. The lowest BCUT2D eigenvalue weighted by atomic mass is 10.3. The van der Waals surface area contributed by atoms with Gasteiger partial charge in [-0.2, -0.15) is 0 Å². The molecule has 1 aliphatic heterocycles. The zero-order valence-electron chi connectivity index (χ0n) is 15.7. The molecular formula is C20H18F3N3O4. The van der Waals surface area contributed by atoms with E-state index in [-0.39, 0.29) is 12.4 Å². The third kappa shape index (κ3) is 5.86. The van der Waals surface area contributed by atoms with Gasteiger partial charge in [0.1, 0.15) is 29.5 Å². The summed E-state index contributed by atoms with van der Waals surface area (Å²) in [4.78, 5) is 0. The van der Waals surface area contributed by atoms with Crippen LogP contribution in [0.3, 0.4) is 0 Å². The van der Waals surface area contributed by atoms with Crippen LogP contribution in [0.1, 0.15) is 12.1 Å². The van der Waals surface area contributed by atoms with Crippen LogP contribution in [0.5, 0.6) is 17.2 Å². The number of halogens is 3. The molecule has 7 nitrogen and oxygen atoms in total. The first-order valence-corrected chi connectivity index (χ1v) is 9.19. The van der Waals surface area contributed by atoms with Crippen molar-refractivity contribution in [1.29, 1.82) is 0 Å². The highest BCUT2D eigenvalue weighted by Gasteiger charge is 2.31. The summed E-state index contributed by atoms with van der Waals surface area (Å²) in [6, 6.07) is 12.6. The number of alkyl halides is 3. The fraction of sp³-hybridized carbons (Fsp3) is 0.300. The summed E-state index contributed by atoms with van der Waals surface area (Å²) in [5.74, 6) is 0.840. The highest BCUT2D eigenvalue weighted by atomic mass is 19.4. The van der Waals surface area contributed by atoms with Crippen LogP contribution in [0.2, 0.25) is 0 Å². The van der Waals surface area contributed by atoms with E-state index in [2.05, 4.69) is 15.0 Å². The van der Waals surface area contributed by atoms with Gasteiger partial charge < -0.3 is 18.9 Å². The summed E-state index contributed by atoms with van der Waals surface area (Å²) < 4.78 is 58.3. The lowest BCUT2D eigenvalue weighted by Crippen LogP contribution is -2.16. The third-order valence-corrected chi connectivity index (χ3v) is 4.20. The van der Waals surface area contributed by atoms with Crippen molar-refractivity contribution in [2.24, 2.45) is 0 Å². The Morgan fingerprint density at radius 3 is 2.27 bits per heavy atom. The second kappa shape index (κ2) is 8.62. The maximum absolute atomic E-state index is 12.2. The molecule has 2 heterocycles. The predicted molar refractivity (Wildman–Crippen MR) is 98.7 cm³/mol. The van der Waals surface area contributed by atoms with Gasteiger partial charge in [-0.15, -0.1) is 18.3 Å². The molecular weight excluding hydrogens is 403 g/mol. The molecule has 0 bridgehead atoms. The van der Waals surface area contributed by atoms with Gasteiger partial charge in [0.05, 0.1) is 31.2 Å². The van der Waals surface area contributed by atoms with Crippen LogP contribution in [0, 0.1) is 0 Å². The minimum atomic E-state index is -4.73. The predicted octanol–water partition coefficient (Wildman–Crippen LogP) is 3.91. The first-order chi connectivity index (χ1) is 14.4. The van der Waals surface area contributed by atoms with Crippen LogP contribution >= 0.6 is 0 Å². The Bertz CT molecular complexity index is 955. The lowest BCUT2D eigenvalue weighted by molar-refractivity contribution is -0.274. The van der Waals surface area contributed by atoms with Gasteiger partial charge in [0.25, 0.3) is 0 Å². The molecule has 0 saturated carbocycles. The van der Waals surface area contributed by atoms with Crippen LogP contribution in [0.15, 0.2) is 54.7 Å². The molecule has 10 heteroatoms. The standard InChI is InChI=1S/C20H18F3N3O4/c21-20(22,23)30-18-7-5-17(6-8-18)28-12-14-11-26(25-24-14)15-1-3-16(4-2-15)27-10-9-19-13-29-19/h1-8,11,19H,9-10,12-13H2/t19-/m1/s1. The summed E-state index contributed by atoms with van der Waals surface area (Å²) in [6.45, 7) is 1.54. The zero-order chi connectivity index (χ0) is 21.0. The molecule has 3 aromatic rings. The van der Waals surface area contributed by atoms with E-state index < -0.39 is 6.36 Å². The van der Waals surface area contributed by atoms with Crippen molar-refractivity contribution in [3.05, 3.63) is 60.4 Å². The molecule has 1 aliphatic rings. The fourth-order valence-electron chi connectivity index (χ4n) is 2.62. The molecule has 1 aromatic heterocycles. The van der Waals surface area contributed by atoms with Gasteiger partial charge in [-0.3, -0.25) is 0 Å². The number of rotatable bonds is 9. The topological polar surface area (TPSA) is 70.9 Å². The van der Waals surface area contributed by atoms with Crippen LogP contribution in [-0.2, 0) is 11.3 Å². The fourth-order valence-corrected chi connectivity index (χ4v) is 2.62. The Balaban J connectivity index is 1.28. The molecule has 30 heavy (non-hydrogen) atoms. The van der Waals surface area contributed by atoms with E-state index in [0.717, 1.165) is 24.5 Å². The van der Waals surface area contributed by atoms with Gasteiger partial charge in [0.2, 0.25) is 0 Å². The van der Waals surface area contributed by atoms with E-state index >= 15 is 0 Å². The third-order valence-electron chi connectivity index (χ3n) is 4.20. The number of aromatic nitrogens is 3. The van der Waals surface area contributed by atoms with E-state index in [0.29, 0.717) is 24.2 Å². The quantitative estimate of drug-likeness (QED) is 0.488. The molecule has 0 spiro atoms. The number of epoxide rings is 1. The number of ether oxygens (including phenoxy) is 4. The average Bonchev–Trinajstić information content (AvgIpc) is 3.42. The van der Waals surface area contributed by atoms with Gasteiger partial charge in [0, 0.05) is 6.42 Å². The van der Waals surface area contributed by atoms with E-state index in [1.54, 1.807) is 10.9 Å². The zero-order valence-corrected chi connectivity index (χ0v) is 15.7. The number of hydrogen-bond donors (Lipinski definition) is 0. The molecule has 158 valence electrons. The van der Waals surface area contributed by atoms with E-state index in [1.807, 2.05) is 24.3 Å². The summed E-state index contributed by atoms with van der Waals surface area (Å²) in [7, 11) is 0. The maximum Gasteiger partial charge on any atom is 0.573 e. The molecule has 0 aliphatic carbocycles. The van der Waals surface area contributed by atoms with Crippen LogP contribution in [0.4, 0.5) is 13.2 Å². The van der Waals surface area contributed by atoms with Gasteiger partial charge >= 0.3 is 6.36 Å². The molecule has 4 rings (SSSR count). The van der Waals surface area contributed by atoms with Crippen molar-refractivity contribution in [3.8, 4) is 22.9 Å². The summed E-state index contributed by atoms with van der Waals surface area (Å²) in [5, 5.41) is 8.10. The first-order valence-electron chi connectivity index (χ1n) is 9.19. The SMILES string of the molecule is FC(F)(F)Oc1ccc(OCc2cn(-c3ccc(OCC[C@@H]4CO4)cc3)nn2)cc1. The van der Waals surface area contributed by atoms with Gasteiger partial charge in [-0.25, -0.2) is 4.68 Å². The summed E-state index contributed by atoms with van der Waals surface area (Å²) in [6.07, 6.45) is -1.80. The normalized spacial score (nSPS) is 15.6. The van der Waals surface area contributed by atoms with Crippen molar-refractivity contribution < 1.29 is 32.1 Å². The Kier molecular flexibility index (Phi) is 5.75. The molecule has 2 aromatic carbocycles. The number of nitrogens with zero attached hydrogens (tertiary/aromatic N) is 3. The maximum atomic E-state index is 12.2. The van der Waals surface area contributed by atoms with E-state index in [4.69, 9.17) is 14.2 Å². The minimum Gasteiger partial charge on any atom is -0.493 e. The number of hydrogen-bond acceptors (Lipinski definition) is 6. The molecule has 1 saturated heterocycles. The van der Waals surface area contributed by atoms with Gasteiger partial charge in [-0.05, 0) is 48.5 Å². The monoisotopic (exact) mass is 421 g/mol. The Hall–Kier alpha value is -3.27. The Labute approximate surface area is 169 Å². The van der Waals surface area contributed by atoms with E-state index in [9.17, 15) is 13.2 Å². The molecule has 0 radical (unpaired) electrons. The van der Waals surface area contributed by atoms with Crippen LogP contribution < -0.4 is 14.2 Å². The molecule has 0 N–H and O–H groups in total. The highest BCUT2D eigenvalue weighted by Crippen LogP contribution is 2.25. The summed E-state index contributed by atoms with van der Waals surface area (Å²) in [5.41, 5.74) is 1.37. The second-order valence-corrected chi connectivity index (χ2v) is 6.55. The molecule has 0 unspecified atom stereocenters. The smallest absolute Gasteiger partial charge is 0.493 e. The first kappa shape index (κ1) is 20.0. The van der Waals surface area contributed by atoms with Crippen molar-refractivity contribution in [2.75, 3.05) is 13.2 Å². The average molecular weight is 421 g/mol. The van der Waals surface area contributed by atoms with Crippen LogP contribution in [-0.4, -0.2) is 40.7 Å². The molecule has 1 atom stereocenters. The lowest BCUT2D eigenvalue weighted by Gasteiger charge is -2.09. The van der Waals surface area contributed by atoms with Crippen molar-refractivity contribution in [3.63, 3.8) is 0 Å². The van der Waals surface area contributed by atoms with E-state index in [1.165, 1.54) is 24.3 Å². The van der Waals surface area contributed by atoms with Gasteiger partial charge in [0.15, 0.2) is 0 Å². The Morgan fingerprint density at radius 2 is 1.60 bits per heavy atom. The van der Waals surface area contributed by atoms with Crippen molar-refractivity contribution >= 4 is 0 Å². The van der Waals surface area contributed by atoms with Crippen molar-refractivity contribution in [1.82, 2.24) is 15.0 Å². The Morgan fingerprint density at radius 1 is 0.967 bits per heavy atom. The summed E-state index contributed by atoms with van der Waals surface area (Å²) >= 11 is 0. The largest absolute Gasteiger partial charge is 0.573 e. The highest BCUT2D eigenvalue weighted by molar-refractivity contribution is 5.36.